The third kappa shape index (κ3) is 4.12. The van der Waals surface area contributed by atoms with Gasteiger partial charge in [-0.3, -0.25) is 10.1 Å². The van der Waals surface area contributed by atoms with Gasteiger partial charge in [-0.1, -0.05) is 54.0 Å². The average molecular weight is 335 g/mol. The van der Waals surface area contributed by atoms with Gasteiger partial charge in [0.2, 0.25) is 5.89 Å². The lowest BCUT2D eigenvalue weighted by molar-refractivity contribution is 0.102. The molecule has 0 saturated heterocycles. The molecule has 0 unspecified atom stereocenters. The summed E-state index contributed by atoms with van der Waals surface area (Å²) < 4.78 is 5.55. The molecular formula is C20H21N3O2. The van der Waals surface area contributed by atoms with Gasteiger partial charge in [-0.25, -0.2) is 0 Å². The number of aryl methyl sites for hydroxylation is 3. The number of benzene rings is 2. The highest BCUT2D eigenvalue weighted by Crippen LogP contribution is 2.15. The van der Waals surface area contributed by atoms with Crippen LogP contribution in [0.4, 0.5) is 6.01 Å². The number of amides is 1. The van der Waals surface area contributed by atoms with Crippen molar-refractivity contribution in [3.05, 3.63) is 76.2 Å². The molecule has 3 rings (SSSR count). The summed E-state index contributed by atoms with van der Waals surface area (Å²) in [7, 11) is 0. The van der Waals surface area contributed by atoms with E-state index in [1.54, 1.807) is 6.07 Å². The highest BCUT2D eigenvalue weighted by Gasteiger charge is 2.13. The van der Waals surface area contributed by atoms with E-state index in [9.17, 15) is 4.79 Å². The molecule has 0 atom stereocenters. The summed E-state index contributed by atoms with van der Waals surface area (Å²) in [6.07, 6.45) is 1.55. The van der Waals surface area contributed by atoms with E-state index in [4.69, 9.17) is 4.42 Å². The largest absolute Gasteiger partial charge is 0.407 e. The van der Waals surface area contributed by atoms with Crippen LogP contribution in [0.2, 0.25) is 0 Å². The van der Waals surface area contributed by atoms with Gasteiger partial charge in [0.15, 0.2) is 0 Å². The van der Waals surface area contributed by atoms with Gasteiger partial charge < -0.3 is 4.42 Å². The van der Waals surface area contributed by atoms with Gasteiger partial charge in [-0.15, -0.1) is 5.10 Å². The predicted octanol–water partition coefficient (Wildman–Crippen LogP) is 4.09. The van der Waals surface area contributed by atoms with Crippen LogP contribution in [0.25, 0.3) is 0 Å². The van der Waals surface area contributed by atoms with Crippen LogP contribution in [-0.2, 0) is 12.8 Å². The molecule has 0 radical (unpaired) electrons. The molecule has 0 aliphatic carbocycles. The summed E-state index contributed by atoms with van der Waals surface area (Å²) in [5, 5.41) is 10.6. The molecule has 3 aromatic rings. The maximum absolute atomic E-state index is 12.3. The van der Waals surface area contributed by atoms with Crippen LogP contribution in [0.15, 0.2) is 46.9 Å². The van der Waals surface area contributed by atoms with E-state index in [1.165, 1.54) is 5.56 Å². The van der Waals surface area contributed by atoms with Crippen LogP contribution in [0.3, 0.4) is 0 Å². The van der Waals surface area contributed by atoms with Gasteiger partial charge in [0.25, 0.3) is 5.91 Å². The van der Waals surface area contributed by atoms with E-state index in [2.05, 4.69) is 46.7 Å². The van der Waals surface area contributed by atoms with E-state index >= 15 is 0 Å². The molecule has 1 heterocycles. The molecule has 2 aromatic carbocycles. The summed E-state index contributed by atoms with van der Waals surface area (Å²) in [5.74, 6) is 0.222. The van der Waals surface area contributed by atoms with Crippen LogP contribution >= 0.6 is 0 Å². The standard InChI is InChI=1S/C20H21N3O2/c1-4-15-6-8-16(9-7-15)12-18-22-23-20(25-18)21-19(24)17-10-5-13(2)11-14(17)3/h5-11H,4,12H2,1-3H3,(H,21,23,24). The molecule has 0 fully saturated rings. The van der Waals surface area contributed by atoms with E-state index < -0.39 is 0 Å². The Bertz CT molecular complexity index is 882. The van der Waals surface area contributed by atoms with Crippen molar-refractivity contribution in [3.8, 4) is 0 Å². The monoisotopic (exact) mass is 335 g/mol. The normalized spacial score (nSPS) is 10.7. The number of rotatable bonds is 5. The Balaban J connectivity index is 1.67. The Morgan fingerprint density at radius 2 is 1.76 bits per heavy atom. The Morgan fingerprint density at radius 3 is 2.44 bits per heavy atom. The number of nitrogens with zero attached hydrogens (tertiary/aromatic N) is 2. The maximum Gasteiger partial charge on any atom is 0.322 e. The molecule has 0 saturated carbocycles. The number of anilines is 1. The summed E-state index contributed by atoms with van der Waals surface area (Å²) in [5.41, 5.74) is 5.00. The fourth-order valence-corrected chi connectivity index (χ4v) is 2.68. The first-order chi connectivity index (χ1) is 12.0. The van der Waals surface area contributed by atoms with Crippen molar-refractivity contribution in [1.29, 1.82) is 0 Å². The first-order valence-electron chi connectivity index (χ1n) is 8.34. The van der Waals surface area contributed by atoms with Gasteiger partial charge in [0.1, 0.15) is 0 Å². The topological polar surface area (TPSA) is 68.0 Å². The third-order valence-electron chi connectivity index (χ3n) is 4.10. The van der Waals surface area contributed by atoms with Crippen molar-refractivity contribution in [1.82, 2.24) is 10.2 Å². The molecule has 5 heteroatoms. The van der Waals surface area contributed by atoms with E-state index in [0.717, 1.165) is 23.1 Å². The minimum atomic E-state index is -0.250. The predicted molar refractivity (Wildman–Crippen MR) is 96.8 cm³/mol. The molecular weight excluding hydrogens is 314 g/mol. The van der Waals surface area contributed by atoms with Crippen molar-refractivity contribution in [2.24, 2.45) is 0 Å². The molecule has 0 bridgehead atoms. The SMILES string of the molecule is CCc1ccc(Cc2nnc(NC(=O)c3ccc(C)cc3C)o2)cc1. The Labute approximate surface area is 147 Å². The number of aromatic nitrogens is 2. The first kappa shape index (κ1) is 16.9. The van der Waals surface area contributed by atoms with Crippen LogP contribution in [-0.4, -0.2) is 16.1 Å². The van der Waals surface area contributed by atoms with E-state index in [0.29, 0.717) is 17.9 Å². The summed E-state index contributed by atoms with van der Waals surface area (Å²) in [6, 6.07) is 14.1. The van der Waals surface area contributed by atoms with Crippen molar-refractivity contribution >= 4 is 11.9 Å². The van der Waals surface area contributed by atoms with Crippen LogP contribution in [0, 0.1) is 13.8 Å². The summed E-state index contributed by atoms with van der Waals surface area (Å²) in [6.45, 7) is 6.02. The second-order valence-corrected chi connectivity index (χ2v) is 6.12. The Morgan fingerprint density at radius 1 is 1.04 bits per heavy atom. The molecule has 0 aliphatic rings. The number of hydrogen-bond donors (Lipinski definition) is 1. The third-order valence-corrected chi connectivity index (χ3v) is 4.10. The zero-order chi connectivity index (χ0) is 17.8. The summed E-state index contributed by atoms with van der Waals surface area (Å²) in [4.78, 5) is 12.3. The van der Waals surface area contributed by atoms with E-state index in [1.807, 2.05) is 26.0 Å². The average Bonchev–Trinajstić information content (AvgIpc) is 3.02. The first-order valence-corrected chi connectivity index (χ1v) is 8.34. The van der Waals surface area contributed by atoms with Crippen LogP contribution in [0.1, 0.15) is 45.4 Å². The number of hydrogen-bond acceptors (Lipinski definition) is 4. The van der Waals surface area contributed by atoms with Gasteiger partial charge in [-0.2, -0.15) is 0 Å². The second kappa shape index (κ2) is 7.30. The van der Waals surface area contributed by atoms with Crippen molar-refractivity contribution in [2.45, 2.75) is 33.6 Å². The lowest BCUT2D eigenvalue weighted by Gasteiger charge is -2.05. The van der Waals surface area contributed by atoms with Crippen molar-refractivity contribution < 1.29 is 9.21 Å². The molecule has 25 heavy (non-hydrogen) atoms. The smallest absolute Gasteiger partial charge is 0.322 e. The van der Waals surface area contributed by atoms with Gasteiger partial charge in [0, 0.05) is 5.56 Å². The number of carbonyl (C=O) groups excluding carboxylic acids is 1. The van der Waals surface area contributed by atoms with Gasteiger partial charge in [-0.05, 0) is 43.0 Å². The molecule has 1 N–H and O–H groups in total. The van der Waals surface area contributed by atoms with Crippen molar-refractivity contribution in [2.75, 3.05) is 5.32 Å². The molecule has 1 amide bonds. The van der Waals surface area contributed by atoms with Crippen molar-refractivity contribution in [3.63, 3.8) is 0 Å². The summed E-state index contributed by atoms with van der Waals surface area (Å²) >= 11 is 0. The number of nitrogens with one attached hydrogen (secondary N) is 1. The molecule has 5 nitrogen and oxygen atoms in total. The molecule has 0 aliphatic heterocycles. The quantitative estimate of drug-likeness (QED) is 0.762. The minimum Gasteiger partial charge on any atom is -0.407 e. The van der Waals surface area contributed by atoms with Gasteiger partial charge in [0.05, 0.1) is 6.42 Å². The fraction of sp³-hybridized carbons (Fsp3) is 0.250. The zero-order valence-corrected chi connectivity index (χ0v) is 14.7. The lowest BCUT2D eigenvalue weighted by atomic mass is 10.1. The fourth-order valence-electron chi connectivity index (χ4n) is 2.68. The highest BCUT2D eigenvalue weighted by molar-refractivity contribution is 6.04. The Hall–Kier alpha value is -2.95. The Kier molecular flexibility index (Phi) is 4.93. The molecule has 0 spiro atoms. The van der Waals surface area contributed by atoms with E-state index in [-0.39, 0.29) is 11.9 Å². The van der Waals surface area contributed by atoms with Gasteiger partial charge >= 0.3 is 6.01 Å². The number of carbonyl (C=O) groups is 1. The molecule has 1 aromatic heterocycles. The van der Waals surface area contributed by atoms with Crippen LogP contribution in [0.5, 0.6) is 0 Å². The maximum atomic E-state index is 12.3. The molecule has 128 valence electrons. The zero-order valence-electron chi connectivity index (χ0n) is 14.7. The lowest BCUT2D eigenvalue weighted by Crippen LogP contribution is -2.13. The van der Waals surface area contributed by atoms with Crippen LogP contribution < -0.4 is 5.32 Å². The minimum absolute atomic E-state index is 0.116. The highest BCUT2D eigenvalue weighted by atomic mass is 16.4. The second-order valence-electron chi connectivity index (χ2n) is 6.12.